The van der Waals surface area contributed by atoms with Crippen molar-refractivity contribution in [3.05, 3.63) is 145 Å². The molecule has 0 aliphatic carbocycles. The smallest absolute Gasteiger partial charge is 0.338 e. The van der Waals surface area contributed by atoms with Gasteiger partial charge < -0.3 is 9.47 Å². The molecule has 0 saturated heterocycles. The van der Waals surface area contributed by atoms with Crippen LogP contribution < -0.4 is 0 Å². The van der Waals surface area contributed by atoms with Crippen LogP contribution >= 0.6 is 0 Å². The fraction of sp³-hybridized carbons (Fsp3) is 0.0500. The second-order valence-corrected chi connectivity index (χ2v) is 11.4. The maximum atomic E-state index is 13.0. The average Bonchev–Trinajstić information content (AvgIpc) is 3.22. The zero-order chi connectivity index (χ0) is 35.3. The van der Waals surface area contributed by atoms with Crippen LogP contribution in [0.1, 0.15) is 20.7 Å². The Morgan fingerprint density at radius 3 is 1.04 bits per heavy atom. The topological polar surface area (TPSA) is 156 Å². The van der Waals surface area contributed by atoms with Gasteiger partial charge in [-0.2, -0.15) is 0 Å². The third-order valence-corrected chi connectivity index (χ3v) is 7.98. The monoisotopic (exact) mass is 682 g/mol. The van der Waals surface area contributed by atoms with Crippen molar-refractivity contribution in [3.8, 4) is 45.6 Å². The predicted octanol–water partition coefficient (Wildman–Crippen LogP) is 6.83. The number of hydrogen-bond donors (Lipinski definition) is 0. The number of nitrogens with zero attached hydrogens (tertiary/aromatic N) is 8. The number of fused-ring (bicyclic) bond motifs is 2. The number of rotatable bonds is 9. The number of aromatic nitrogens is 8. The molecule has 0 fully saturated rings. The van der Waals surface area contributed by atoms with E-state index >= 15 is 0 Å². The molecule has 6 heterocycles. The molecule has 0 saturated carbocycles. The van der Waals surface area contributed by atoms with E-state index in [0.717, 1.165) is 0 Å². The van der Waals surface area contributed by atoms with E-state index in [2.05, 4.69) is 19.9 Å². The van der Waals surface area contributed by atoms with Crippen molar-refractivity contribution in [2.75, 3.05) is 13.2 Å². The lowest BCUT2D eigenvalue weighted by Gasteiger charge is -2.11. The molecule has 0 N–H and O–H groups in total. The normalized spacial score (nSPS) is 11.0. The van der Waals surface area contributed by atoms with Crippen LogP contribution in [0, 0.1) is 0 Å². The highest BCUT2D eigenvalue weighted by Gasteiger charge is 2.19. The van der Waals surface area contributed by atoms with Crippen LogP contribution in [0.25, 0.3) is 67.6 Å². The third kappa shape index (κ3) is 6.63. The SMILES string of the molecule is O=C(OCCOC(=O)c1ccc2nc(-c3ccccn3)c(-c3ccccn3)nc2c1)c1ccc2nc(-c3ccccn3)c(-c3ccccn3)nc2c1. The summed E-state index contributed by atoms with van der Waals surface area (Å²) in [6, 6.07) is 32.0. The summed E-state index contributed by atoms with van der Waals surface area (Å²) in [4.78, 5) is 63.1. The first-order chi connectivity index (χ1) is 25.6. The summed E-state index contributed by atoms with van der Waals surface area (Å²) < 4.78 is 10.9. The van der Waals surface area contributed by atoms with Crippen LogP contribution in [0.2, 0.25) is 0 Å². The Bertz CT molecular complexity index is 2380. The third-order valence-electron chi connectivity index (χ3n) is 7.98. The molecule has 8 rings (SSSR count). The molecule has 0 unspecified atom stereocenters. The number of carbonyl (C=O) groups excluding carboxylic acids is 2. The minimum absolute atomic E-state index is 0.156. The van der Waals surface area contributed by atoms with Gasteiger partial charge >= 0.3 is 11.9 Å². The van der Waals surface area contributed by atoms with Gasteiger partial charge in [-0.3, -0.25) is 19.9 Å². The molecular weight excluding hydrogens is 656 g/mol. The number of benzene rings is 2. The van der Waals surface area contributed by atoms with Crippen LogP contribution in [-0.2, 0) is 9.47 Å². The Hall–Kier alpha value is -7.34. The van der Waals surface area contributed by atoms with Crippen LogP contribution in [0.15, 0.2) is 134 Å². The van der Waals surface area contributed by atoms with Crippen molar-refractivity contribution in [2.45, 2.75) is 0 Å². The first-order valence-corrected chi connectivity index (χ1v) is 16.2. The van der Waals surface area contributed by atoms with Gasteiger partial charge in [0.1, 0.15) is 36.0 Å². The molecule has 0 aliphatic rings. The Balaban J connectivity index is 0.964. The molecule has 0 spiro atoms. The van der Waals surface area contributed by atoms with Gasteiger partial charge in [0.05, 0.1) is 56.0 Å². The zero-order valence-electron chi connectivity index (χ0n) is 27.3. The number of esters is 2. The van der Waals surface area contributed by atoms with Gasteiger partial charge in [-0.25, -0.2) is 29.5 Å². The Morgan fingerprint density at radius 2 is 0.731 bits per heavy atom. The Labute approximate surface area is 296 Å². The second kappa shape index (κ2) is 14.3. The highest BCUT2D eigenvalue weighted by molar-refractivity contribution is 5.96. The highest BCUT2D eigenvalue weighted by Crippen LogP contribution is 2.30. The van der Waals surface area contributed by atoms with Crippen molar-refractivity contribution < 1.29 is 19.1 Å². The maximum Gasteiger partial charge on any atom is 0.338 e. The van der Waals surface area contributed by atoms with Crippen LogP contribution in [0.5, 0.6) is 0 Å². The number of hydrogen-bond acceptors (Lipinski definition) is 12. The summed E-state index contributed by atoms with van der Waals surface area (Å²) in [5.74, 6) is -1.20. The molecule has 6 aromatic heterocycles. The van der Waals surface area contributed by atoms with Crippen LogP contribution in [0.4, 0.5) is 0 Å². The molecular formula is C40H26N8O4. The predicted molar refractivity (Wildman–Crippen MR) is 193 cm³/mol. The van der Waals surface area contributed by atoms with Crippen molar-refractivity contribution in [1.82, 2.24) is 39.9 Å². The standard InChI is InChI=1S/C40H26N8O4/c49-39(25-13-15-27-33(23-25)47-37(31-11-3-7-19-43-31)35(45-27)29-9-1-5-17-41-29)51-21-22-52-40(50)26-14-16-28-34(24-26)48-38(32-12-4-8-20-44-32)36(46-28)30-10-2-6-18-42-30/h1-20,23-24H,21-22H2. The van der Waals surface area contributed by atoms with E-state index in [4.69, 9.17) is 29.4 Å². The Morgan fingerprint density at radius 1 is 0.404 bits per heavy atom. The van der Waals surface area contributed by atoms with Gasteiger partial charge in [0.15, 0.2) is 0 Å². The van der Waals surface area contributed by atoms with E-state index in [1.807, 2.05) is 72.8 Å². The molecule has 250 valence electrons. The highest BCUT2D eigenvalue weighted by atomic mass is 16.6. The van der Waals surface area contributed by atoms with Crippen molar-refractivity contribution in [2.24, 2.45) is 0 Å². The van der Waals surface area contributed by atoms with Crippen LogP contribution in [0.3, 0.4) is 0 Å². The van der Waals surface area contributed by atoms with Gasteiger partial charge in [0.25, 0.3) is 0 Å². The van der Waals surface area contributed by atoms with E-state index in [9.17, 15) is 9.59 Å². The largest absolute Gasteiger partial charge is 0.458 e. The zero-order valence-corrected chi connectivity index (χ0v) is 27.3. The molecule has 0 aliphatic heterocycles. The lowest BCUT2D eigenvalue weighted by molar-refractivity contribution is 0.0266. The van der Waals surface area contributed by atoms with Crippen molar-refractivity contribution in [3.63, 3.8) is 0 Å². The maximum absolute atomic E-state index is 13.0. The van der Waals surface area contributed by atoms with E-state index in [1.165, 1.54) is 0 Å². The number of pyridine rings is 4. The fourth-order valence-electron chi connectivity index (χ4n) is 5.52. The average molecular weight is 683 g/mol. The van der Waals surface area contributed by atoms with Gasteiger partial charge in [0, 0.05) is 24.8 Å². The summed E-state index contributed by atoms with van der Waals surface area (Å²) in [5, 5.41) is 0. The second-order valence-electron chi connectivity index (χ2n) is 11.4. The van der Waals surface area contributed by atoms with Crippen LogP contribution in [-0.4, -0.2) is 65.0 Å². The summed E-state index contributed by atoms with van der Waals surface area (Å²) in [5.41, 5.74) is 7.41. The van der Waals surface area contributed by atoms with E-state index in [-0.39, 0.29) is 24.3 Å². The first-order valence-electron chi connectivity index (χ1n) is 16.2. The summed E-state index contributed by atoms with van der Waals surface area (Å²) in [6.45, 7) is -0.312. The molecule has 52 heavy (non-hydrogen) atoms. The molecule has 8 aromatic rings. The Kier molecular flexibility index (Phi) is 8.74. The lowest BCUT2D eigenvalue weighted by Crippen LogP contribution is -2.14. The molecule has 12 nitrogen and oxygen atoms in total. The fourth-order valence-corrected chi connectivity index (χ4v) is 5.52. The van der Waals surface area contributed by atoms with Crippen molar-refractivity contribution >= 4 is 34.0 Å². The molecule has 2 aromatic carbocycles. The number of ether oxygens (including phenoxy) is 2. The lowest BCUT2D eigenvalue weighted by atomic mass is 10.1. The van der Waals surface area contributed by atoms with Gasteiger partial charge in [-0.1, -0.05) is 24.3 Å². The van der Waals surface area contributed by atoms with Gasteiger partial charge in [0.2, 0.25) is 0 Å². The minimum Gasteiger partial charge on any atom is -0.458 e. The minimum atomic E-state index is -0.598. The van der Waals surface area contributed by atoms with Gasteiger partial charge in [-0.05, 0) is 84.9 Å². The molecule has 0 radical (unpaired) electrons. The molecule has 0 atom stereocenters. The van der Waals surface area contributed by atoms with Crippen molar-refractivity contribution in [1.29, 1.82) is 0 Å². The molecule has 0 bridgehead atoms. The summed E-state index contributed by atoms with van der Waals surface area (Å²) in [6.07, 6.45) is 6.74. The van der Waals surface area contributed by atoms with E-state index < -0.39 is 11.9 Å². The quantitative estimate of drug-likeness (QED) is 0.116. The first kappa shape index (κ1) is 31.9. The molecule has 12 heteroatoms. The number of carbonyl (C=O) groups is 2. The van der Waals surface area contributed by atoms with E-state index in [0.29, 0.717) is 67.6 Å². The molecule has 0 amide bonds. The van der Waals surface area contributed by atoms with Gasteiger partial charge in [-0.15, -0.1) is 0 Å². The van der Waals surface area contributed by atoms with E-state index in [1.54, 1.807) is 61.2 Å². The summed E-state index contributed by atoms with van der Waals surface area (Å²) in [7, 11) is 0. The summed E-state index contributed by atoms with van der Waals surface area (Å²) >= 11 is 0.